The van der Waals surface area contributed by atoms with E-state index in [9.17, 15) is 28.7 Å². The number of halogens is 1. The maximum Gasteiger partial charge on any atom is 0.276 e. The van der Waals surface area contributed by atoms with E-state index >= 15 is 0 Å². The summed E-state index contributed by atoms with van der Waals surface area (Å²) in [5.41, 5.74) is 15.6. The molecule has 6 N–H and O–H groups in total. The number of ketones is 1. The van der Waals surface area contributed by atoms with Gasteiger partial charge in [-0.15, -0.1) is 0 Å². The summed E-state index contributed by atoms with van der Waals surface area (Å²) in [6.45, 7) is 7.26. The van der Waals surface area contributed by atoms with Crippen LogP contribution in [-0.2, 0) is 32.6 Å². The third-order valence-corrected chi connectivity index (χ3v) is 9.97. The zero-order valence-electron chi connectivity index (χ0n) is 34.2. The van der Waals surface area contributed by atoms with Crippen molar-refractivity contribution in [3.63, 3.8) is 0 Å². The van der Waals surface area contributed by atoms with Crippen LogP contribution >= 0.6 is 0 Å². The number of benzene rings is 2. The molecule has 5 aromatic heterocycles. The number of Topliss-reactive ketones (excluding diaryl/α,β-unsaturated/α-hetero) is 1. The van der Waals surface area contributed by atoms with E-state index in [1.807, 2.05) is 19.1 Å². The highest BCUT2D eigenvalue weighted by Crippen LogP contribution is 2.34. The number of nitrogens with zero attached hydrogens (tertiary/aromatic N) is 8. The van der Waals surface area contributed by atoms with Crippen LogP contribution < -0.4 is 21.5 Å². The standard InChI is InChI=1S/C42H46FN11O7/c1-5-10-53-32(17-24(3)49-53)41(59)48-42-47-30-21-28(40(45)58)38-27(18-25(4)61-38)36(30)52(42)12-7-6-11-51-35(22-33(56)31-16-23(2)50-54(31)13-9-43)46-29-19-26(39(44)57)20-34(37(29)51)60-15-8-14-55/h6-7,16-21,55H,5,8-15,22H2,1-4H3,(H2,44,57)(H2,45,58)(H,47,48,59)/b7-6+. The van der Waals surface area contributed by atoms with E-state index in [2.05, 4.69) is 15.5 Å². The zero-order valence-corrected chi connectivity index (χ0v) is 34.2. The van der Waals surface area contributed by atoms with Gasteiger partial charge in [-0.1, -0.05) is 19.1 Å². The molecule has 0 atom stereocenters. The number of rotatable bonds is 19. The third kappa shape index (κ3) is 8.49. The molecule has 0 saturated carbocycles. The zero-order chi connectivity index (χ0) is 43.5. The summed E-state index contributed by atoms with van der Waals surface area (Å²) < 4.78 is 31.9. The molecule has 3 amide bonds. The van der Waals surface area contributed by atoms with Gasteiger partial charge in [0.1, 0.15) is 46.5 Å². The Kier molecular flexibility index (Phi) is 12.1. The number of aliphatic hydroxyl groups excluding tert-OH is 1. The first-order valence-electron chi connectivity index (χ1n) is 19.8. The Morgan fingerprint density at radius 2 is 1.56 bits per heavy atom. The number of furan rings is 1. The Labute approximate surface area is 347 Å². The van der Waals surface area contributed by atoms with Gasteiger partial charge in [-0.25, -0.2) is 14.4 Å². The van der Waals surface area contributed by atoms with E-state index in [-0.39, 0.29) is 79.2 Å². The smallest absolute Gasteiger partial charge is 0.276 e. The Balaban J connectivity index is 1.31. The second-order valence-corrected chi connectivity index (χ2v) is 14.6. The van der Waals surface area contributed by atoms with Crippen LogP contribution in [0.3, 0.4) is 0 Å². The number of alkyl halides is 1. The first-order valence-corrected chi connectivity index (χ1v) is 19.8. The number of fused-ring (bicyclic) bond motifs is 4. The van der Waals surface area contributed by atoms with Crippen molar-refractivity contribution in [2.24, 2.45) is 11.5 Å². The minimum Gasteiger partial charge on any atom is -0.491 e. The molecule has 0 saturated heterocycles. The lowest BCUT2D eigenvalue weighted by molar-refractivity contribution is 0.0974. The van der Waals surface area contributed by atoms with Gasteiger partial charge in [-0.05, 0) is 63.6 Å². The minimum atomic E-state index is -0.714. The van der Waals surface area contributed by atoms with Crippen molar-refractivity contribution in [3.05, 3.63) is 94.0 Å². The van der Waals surface area contributed by atoms with Crippen molar-refractivity contribution >= 4 is 62.5 Å². The molecule has 19 heteroatoms. The van der Waals surface area contributed by atoms with E-state index in [0.29, 0.717) is 69.1 Å². The van der Waals surface area contributed by atoms with E-state index in [1.165, 1.54) is 22.9 Å². The Bertz CT molecular complexity index is 2860. The SMILES string of the molecule is CCCn1nc(C)cc1C(=O)Nc1nc2cc(C(N)=O)c3oc(C)cc3c2n1C/C=C/Cn1c(CC(=O)c2cc(C)nn2CCF)nc2cc(C(N)=O)cc(OCCCO)c21. The summed E-state index contributed by atoms with van der Waals surface area (Å²) in [6.07, 6.45) is 4.52. The number of hydrogen-bond acceptors (Lipinski definition) is 11. The largest absolute Gasteiger partial charge is 0.491 e. The molecule has 0 aliphatic rings. The number of carbonyl (C=O) groups excluding carboxylic acids is 4. The number of aromatic nitrogens is 8. The lowest BCUT2D eigenvalue weighted by Crippen LogP contribution is -2.20. The molecule has 5 heterocycles. The number of anilines is 1. The highest BCUT2D eigenvalue weighted by atomic mass is 19.1. The fourth-order valence-electron chi connectivity index (χ4n) is 7.40. The summed E-state index contributed by atoms with van der Waals surface area (Å²) in [7, 11) is 0. The van der Waals surface area contributed by atoms with Gasteiger partial charge in [0.05, 0.1) is 53.1 Å². The second kappa shape index (κ2) is 17.6. The molecule has 0 radical (unpaired) electrons. The molecule has 7 rings (SSSR count). The average Bonchev–Trinajstić information content (AvgIpc) is 4.03. The van der Waals surface area contributed by atoms with Crippen molar-refractivity contribution in [1.82, 2.24) is 38.7 Å². The van der Waals surface area contributed by atoms with Crippen LogP contribution in [0.4, 0.5) is 10.3 Å². The van der Waals surface area contributed by atoms with Crippen LogP contribution in [0, 0.1) is 20.8 Å². The lowest BCUT2D eigenvalue weighted by Gasteiger charge is -2.13. The van der Waals surface area contributed by atoms with Gasteiger partial charge in [0.2, 0.25) is 11.9 Å². The van der Waals surface area contributed by atoms with Gasteiger partial charge in [-0.3, -0.25) is 33.9 Å². The predicted octanol–water partition coefficient (Wildman–Crippen LogP) is 4.72. The molecule has 0 fully saturated rings. The quantitative estimate of drug-likeness (QED) is 0.0493. The van der Waals surface area contributed by atoms with Crippen molar-refractivity contribution < 1.29 is 37.8 Å². The van der Waals surface area contributed by atoms with E-state index in [0.717, 1.165) is 6.42 Å². The topological polar surface area (TPSA) is 246 Å². The van der Waals surface area contributed by atoms with Crippen LogP contribution in [0.2, 0.25) is 0 Å². The van der Waals surface area contributed by atoms with E-state index in [4.69, 9.17) is 30.6 Å². The van der Waals surface area contributed by atoms with Crippen LogP contribution in [0.15, 0.2) is 53.0 Å². The number of aryl methyl sites for hydroxylation is 5. The summed E-state index contributed by atoms with van der Waals surface area (Å²) in [5.74, 6) is -0.901. The summed E-state index contributed by atoms with van der Waals surface area (Å²) in [6, 6.07) is 9.61. The fourth-order valence-corrected chi connectivity index (χ4v) is 7.40. The van der Waals surface area contributed by atoms with E-state index < -0.39 is 24.4 Å². The Hall–Kier alpha value is -7.15. The van der Waals surface area contributed by atoms with Gasteiger partial charge in [-0.2, -0.15) is 10.2 Å². The molecular weight excluding hydrogens is 790 g/mol. The van der Waals surface area contributed by atoms with Gasteiger partial charge in [0, 0.05) is 43.6 Å². The molecule has 0 aliphatic heterocycles. The number of allylic oxidation sites excluding steroid dienone is 2. The number of hydrogen-bond donors (Lipinski definition) is 4. The number of carbonyl (C=O) groups is 4. The first-order chi connectivity index (χ1) is 29.3. The first kappa shape index (κ1) is 42.0. The maximum absolute atomic E-state index is 13.8. The second-order valence-electron chi connectivity index (χ2n) is 14.6. The summed E-state index contributed by atoms with van der Waals surface area (Å²) in [5, 5.41) is 21.7. The molecule has 2 aromatic carbocycles. The predicted molar refractivity (Wildman–Crippen MR) is 224 cm³/mol. The van der Waals surface area contributed by atoms with Gasteiger partial charge >= 0.3 is 0 Å². The van der Waals surface area contributed by atoms with Crippen molar-refractivity contribution in [1.29, 1.82) is 0 Å². The van der Waals surface area contributed by atoms with Crippen LogP contribution in [-0.4, -0.2) is 87.2 Å². The molecule has 18 nitrogen and oxygen atoms in total. The number of primary amides is 2. The van der Waals surface area contributed by atoms with Crippen molar-refractivity contribution in [2.75, 3.05) is 25.2 Å². The van der Waals surface area contributed by atoms with Crippen molar-refractivity contribution in [3.8, 4) is 5.75 Å². The fraction of sp³-hybridized carbons (Fsp3) is 0.333. The number of nitrogens with one attached hydrogen (secondary N) is 1. The molecule has 7 aromatic rings. The molecule has 0 spiro atoms. The minimum absolute atomic E-state index is 0.0964. The van der Waals surface area contributed by atoms with Crippen LogP contribution in [0.5, 0.6) is 5.75 Å². The molecule has 318 valence electrons. The summed E-state index contributed by atoms with van der Waals surface area (Å²) in [4.78, 5) is 62.1. The Morgan fingerprint density at radius 3 is 2.23 bits per heavy atom. The lowest BCUT2D eigenvalue weighted by atomic mass is 10.1. The van der Waals surface area contributed by atoms with Crippen LogP contribution in [0.1, 0.15) is 84.4 Å². The molecule has 0 bridgehead atoms. The molecule has 61 heavy (non-hydrogen) atoms. The average molecular weight is 836 g/mol. The normalized spacial score (nSPS) is 11.8. The van der Waals surface area contributed by atoms with E-state index in [1.54, 1.807) is 52.8 Å². The monoisotopic (exact) mass is 835 g/mol. The Morgan fingerprint density at radius 1 is 0.869 bits per heavy atom. The van der Waals surface area contributed by atoms with Crippen molar-refractivity contribution in [2.45, 2.75) is 73.1 Å². The highest BCUT2D eigenvalue weighted by molar-refractivity contribution is 6.14. The number of amides is 3. The number of aliphatic hydroxyl groups is 1. The van der Waals surface area contributed by atoms with Gasteiger partial charge in [0.25, 0.3) is 11.8 Å². The number of imidazole rings is 2. The third-order valence-electron chi connectivity index (χ3n) is 9.97. The van der Waals surface area contributed by atoms with Gasteiger partial charge < -0.3 is 34.9 Å². The number of ether oxygens (including phenoxy) is 1. The molecular formula is C42H46FN11O7. The van der Waals surface area contributed by atoms with Crippen LogP contribution in [0.25, 0.3) is 33.0 Å². The number of nitrogens with two attached hydrogens (primary N) is 2. The molecule has 0 aliphatic carbocycles. The molecule has 0 unspecified atom stereocenters. The highest BCUT2D eigenvalue weighted by Gasteiger charge is 2.25. The van der Waals surface area contributed by atoms with Gasteiger partial charge in [0.15, 0.2) is 5.78 Å². The summed E-state index contributed by atoms with van der Waals surface area (Å²) >= 11 is 0. The maximum atomic E-state index is 13.8.